The minimum atomic E-state index is -0.841. The van der Waals surface area contributed by atoms with Gasteiger partial charge in [0.2, 0.25) is 5.91 Å². The molecule has 0 bridgehead atoms. The second-order valence-electron chi connectivity index (χ2n) is 4.37. The molecule has 0 aromatic heterocycles. The first-order chi connectivity index (χ1) is 7.50. The summed E-state index contributed by atoms with van der Waals surface area (Å²) in [5, 5.41) is 11.9. The number of hydrogen-bond acceptors (Lipinski definition) is 3. The minimum Gasteiger partial charge on any atom is -0.481 e. The van der Waals surface area contributed by atoms with Crippen LogP contribution in [-0.2, 0) is 14.3 Å². The van der Waals surface area contributed by atoms with Crippen molar-refractivity contribution in [1.29, 1.82) is 0 Å². The van der Waals surface area contributed by atoms with E-state index < -0.39 is 11.4 Å². The van der Waals surface area contributed by atoms with Crippen molar-refractivity contribution in [3.05, 3.63) is 0 Å². The van der Waals surface area contributed by atoms with Crippen LogP contribution in [0, 0.1) is 5.41 Å². The van der Waals surface area contributed by atoms with Crippen LogP contribution >= 0.6 is 0 Å². The maximum atomic E-state index is 11.4. The molecule has 1 aliphatic rings. The van der Waals surface area contributed by atoms with Gasteiger partial charge >= 0.3 is 5.97 Å². The maximum Gasteiger partial charge on any atom is 0.311 e. The lowest BCUT2D eigenvalue weighted by Gasteiger charge is -2.27. The largest absolute Gasteiger partial charge is 0.481 e. The zero-order chi connectivity index (χ0) is 12.2. The van der Waals surface area contributed by atoms with Gasteiger partial charge < -0.3 is 15.2 Å². The van der Waals surface area contributed by atoms with Gasteiger partial charge in [0.1, 0.15) is 6.61 Å². The van der Waals surface area contributed by atoms with Gasteiger partial charge in [-0.05, 0) is 26.7 Å². The Hall–Kier alpha value is -1.10. The number of carboxylic acids is 1. The first-order valence-electron chi connectivity index (χ1n) is 5.61. The Morgan fingerprint density at radius 2 is 2.25 bits per heavy atom. The summed E-state index contributed by atoms with van der Waals surface area (Å²) in [7, 11) is 0. The quantitative estimate of drug-likeness (QED) is 0.730. The molecular weight excluding hydrogens is 210 g/mol. The highest BCUT2D eigenvalue weighted by Gasteiger charge is 2.45. The van der Waals surface area contributed by atoms with Crippen LogP contribution in [0.25, 0.3) is 0 Å². The molecule has 1 rings (SSSR count). The van der Waals surface area contributed by atoms with Gasteiger partial charge in [-0.15, -0.1) is 0 Å². The standard InChI is InChI=1S/C11H19NO4/c1-3-16-7-9(13)12-8-5-4-6-11(8,2)10(14)15/h8H,3-7H2,1-2H3,(H,12,13)(H,14,15). The molecule has 0 aliphatic heterocycles. The molecule has 1 amide bonds. The molecule has 16 heavy (non-hydrogen) atoms. The monoisotopic (exact) mass is 229 g/mol. The summed E-state index contributed by atoms with van der Waals surface area (Å²) in [6, 6.07) is -0.280. The smallest absolute Gasteiger partial charge is 0.311 e. The molecule has 0 heterocycles. The van der Waals surface area contributed by atoms with Gasteiger partial charge in [-0.2, -0.15) is 0 Å². The van der Waals surface area contributed by atoms with E-state index in [1.807, 2.05) is 6.92 Å². The van der Waals surface area contributed by atoms with Crippen LogP contribution in [0.1, 0.15) is 33.1 Å². The number of hydrogen-bond donors (Lipinski definition) is 2. The number of aliphatic carboxylic acids is 1. The first-order valence-corrected chi connectivity index (χ1v) is 5.61. The highest BCUT2D eigenvalue weighted by atomic mass is 16.5. The van der Waals surface area contributed by atoms with Crippen molar-refractivity contribution in [3.8, 4) is 0 Å². The maximum absolute atomic E-state index is 11.4. The Morgan fingerprint density at radius 3 is 2.81 bits per heavy atom. The molecule has 0 radical (unpaired) electrons. The van der Waals surface area contributed by atoms with E-state index in [9.17, 15) is 9.59 Å². The van der Waals surface area contributed by atoms with Crippen LogP contribution in [0.3, 0.4) is 0 Å². The zero-order valence-electron chi connectivity index (χ0n) is 9.78. The average Bonchev–Trinajstić information content (AvgIpc) is 2.59. The molecule has 2 unspecified atom stereocenters. The summed E-state index contributed by atoms with van der Waals surface area (Å²) in [5.41, 5.74) is -0.831. The fourth-order valence-electron chi connectivity index (χ4n) is 2.08. The number of carboxylic acid groups (broad SMARTS) is 1. The average molecular weight is 229 g/mol. The predicted octanol–water partition coefficient (Wildman–Crippen LogP) is 0.782. The molecule has 0 saturated heterocycles. The van der Waals surface area contributed by atoms with Gasteiger partial charge in [-0.25, -0.2) is 0 Å². The highest BCUT2D eigenvalue weighted by Crippen LogP contribution is 2.38. The highest BCUT2D eigenvalue weighted by molar-refractivity contribution is 5.80. The number of amides is 1. The molecule has 5 heteroatoms. The van der Waals surface area contributed by atoms with E-state index in [0.717, 1.165) is 12.8 Å². The van der Waals surface area contributed by atoms with Crippen LogP contribution in [0.2, 0.25) is 0 Å². The molecule has 0 aromatic rings. The fourth-order valence-corrected chi connectivity index (χ4v) is 2.08. The molecule has 1 aliphatic carbocycles. The van der Waals surface area contributed by atoms with Crippen LogP contribution < -0.4 is 5.32 Å². The van der Waals surface area contributed by atoms with E-state index in [1.165, 1.54) is 0 Å². The third-order valence-corrected chi connectivity index (χ3v) is 3.22. The number of nitrogens with one attached hydrogen (secondary N) is 1. The van der Waals surface area contributed by atoms with Gasteiger partial charge in [0.15, 0.2) is 0 Å². The third-order valence-electron chi connectivity index (χ3n) is 3.22. The molecule has 2 N–H and O–H groups in total. The Labute approximate surface area is 95.2 Å². The van der Waals surface area contributed by atoms with Crippen LogP contribution in [-0.4, -0.2) is 36.2 Å². The molecule has 92 valence electrons. The van der Waals surface area contributed by atoms with Crippen molar-refractivity contribution < 1.29 is 19.4 Å². The summed E-state index contributed by atoms with van der Waals surface area (Å²) in [6.07, 6.45) is 2.17. The lowest BCUT2D eigenvalue weighted by Crippen LogP contribution is -2.48. The molecule has 5 nitrogen and oxygen atoms in total. The van der Waals surface area contributed by atoms with Crippen molar-refractivity contribution in [2.75, 3.05) is 13.2 Å². The van der Waals surface area contributed by atoms with E-state index in [-0.39, 0.29) is 18.6 Å². The van der Waals surface area contributed by atoms with Crippen molar-refractivity contribution in [1.82, 2.24) is 5.32 Å². The van der Waals surface area contributed by atoms with Crippen molar-refractivity contribution >= 4 is 11.9 Å². The molecule has 1 fully saturated rings. The number of rotatable bonds is 5. The van der Waals surface area contributed by atoms with Crippen molar-refractivity contribution in [2.24, 2.45) is 5.41 Å². The summed E-state index contributed by atoms with van der Waals surface area (Å²) >= 11 is 0. The Balaban J connectivity index is 2.53. The SMILES string of the molecule is CCOCC(=O)NC1CCCC1(C)C(=O)O. The minimum absolute atomic E-state index is 0.00268. The summed E-state index contributed by atoms with van der Waals surface area (Å²) < 4.78 is 4.97. The van der Waals surface area contributed by atoms with Crippen LogP contribution in [0.5, 0.6) is 0 Å². The lowest BCUT2D eigenvalue weighted by molar-refractivity contribution is -0.149. The van der Waals surface area contributed by atoms with E-state index in [0.29, 0.717) is 13.0 Å². The Morgan fingerprint density at radius 1 is 1.56 bits per heavy atom. The van der Waals surface area contributed by atoms with Crippen LogP contribution in [0.4, 0.5) is 0 Å². The van der Waals surface area contributed by atoms with Gasteiger partial charge in [-0.3, -0.25) is 9.59 Å². The Kier molecular flexibility index (Phi) is 4.29. The van der Waals surface area contributed by atoms with Gasteiger partial charge in [0.25, 0.3) is 0 Å². The zero-order valence-corrected chi connectivity index (χ0v) is 9.78. The van der Waals surface area contributed by atoms with Gasteiger partial charge in [0, 0.05) is 12.6 Å². The van der Waals surface area contributed by atoms with E-state index >= 15 is 0 Å². The molecule has 2 atom stereocenters. The van der Waals surface area contributed by atoms with E-state index in [4.69, 9.17) is 9.84 Å². The molecule has 0 spiro atoms. The van der Waals surface area contributed by atoms with E-state index in [1.54, 1.807) is 6.92 Å². The van der Waals surface area contributed by atoms with Gasteiger partial charge in [-0.1, -0.05) is 6.42 Å². The van der Waals surface area contributed by atoms with Gasteiger partial charge in [0.05, 0.1) is 5.41 Å². The first kappa shape index (κ1) is 13.0. The van der Waals surface area contributed by atoms with Crippen LogP contribution in [0.15, 0.2) is 0 Å². The lowest BCUT2D eigenvalue weighted by atomic mass is 9.85. The third kappa shape index (κ3) is 2.72. The topological polar surface area (TPSA) is 75.6 Å². The number of carbonyl (C=O) groups is 2. The summed E-state index contributed by atoms with van der Waals surface area (Å²) in [6.45, 7) is 3.98. The predicted molar refractivity (Wildman–Crippen MR) is 58.0 cm³/mol. The number of ether oxygens (including phenoxy) is 1. The second kappa shape index (κ2) is 5.30. The Bertz CT molecular complexity index is 279. The second-order valence-corrected chi connectivity index (χ2v) is 4.37. The molecular formula is C11H19NO4. The van der Waals surface area contributed by atoms with E-state index in [2.05, 4.69) is 5.32 Å². The molecule has 0 aromatic carbocycles. The number of carbonyl (C=O) groups excluding carboxylic acids is 1. The summed E-state index contributed by atoms with van der Waals surface area (Å²) in [5.74, 6) is -1.08. The van der Waals surface area contributed by atoms with Crippen molar-refractivity contribution in [3.63, 3.8) is 0 Å². The fraction of sp³-hybridized carbons (Fsp3) is 0.818. The normalized spacial score (nSPS) is 29.0. The molecule has 1 saturated carbocycles. The summed E-state index contributed by atoms with van der Waals surface area (Å²) in [4.78, 5) is 22.6. The van der Waals surface area contributed by atoms with Crippen molar-refractivity contribution in [2.45, 2.75) is 39.2 Å².